The summed E-state index contributed by atoms with van der Waals surface area (Å²) in [5.74, 6) is 0.0153. The van der Waals surface area contributed by atoms with Crippen LogP contribution in [0.1, 0.15) is 25.7 Å². The number of nitrogens with zero attached hydrogens (tertiary/aromatic N) is 1. The molecule has 1 rings (SSSR count). The van der Waals surface area contributed by atoms with Crippen molar-refractivity contribution in [3.8, 4) is 0 Å². The summed E-state index contributed by atoms with van der Waals surface area (Å²) in [6.45, 7) is 0.687. The van der Waals surface area contributed by atoms with Gasteiger partial charge in [0.25, 0.3) is 0 Å². The number of nitrogens with two attached hydrogens (primary N) is 1. The largest absolute Gasteiger partial charge is 0.330 e. The quantitative estimate of drug-likeness (QED) is 0.602. The first kappa shape index (κ1) is 8.20. The van der Waals surface area contributed by atoms with Crippen molar-refractivity contribution < 1.29 is 4.79 Å². The zero-order valence-electron chi connectivity index (χ0n) is 6.47. The van der Waals surface area contributed by atoms with Crippen LogP contribution in [0.15, 0.2) is 5.10 Å². The Kier molecular flexibility index (Phi) is 3.04. The van der Waals surface area contributed by atoms with Crippen molar-refractivity contribution in [3.05, 3.63) is 0 Å². The van der Waals surface area contributed by atoms with Crippen LogP contribution in [0.2, 0.25) is 0 Å². The van der Waals surface area contributed by atoms with Gasteiger partial charge in [0, 0.05) is 12.1 Å². The Morgan fingerprint density at radius 2 is 2.36 bits per heavy atom. The molecule has 0 bridgehead atoms. The van der Waals surface area contributed by atoms with Crippen LogP contribution in [-0.2, 0) is 4.79 Å². The number of hydrazone groups is 1. The number of carbonyl (C=O) groups is 1. The normalized spacial score (nSPS) is 17.5. The van der Waals surface area contributed by atoms with Gasteiger partial charge in [0.2, 0.25) is 5.91 Å². The van der Waals surface area contributed by atoms with Gasteiger partial charge < -0.3 is 5.73 Å². The number of carbonyl (C=O) groups excluding carboxylic acids is 1. The topological polar surface area (TPSA) is 67.5 Å². The van der Waals surface area contributed by atoms with E-state index in [1.54, 1.807) is 0 Å². The number of rotatable bonds is 3. The van der Waals surface area contributed by atoms with Crippen LogP contribution in [0.4, 0.5) is 0 Å². The number of hydrogen-bond donors (Lipinski definition) is 2. The molecular weight excluding hydrogens is 142 g/mol. The zero-order valence-corrected chi connectivity index (χ0v) is 6.47. The van der Waals surface area contributed by atoms with E-state index >= 15 is 0 Å². The molecule has 4 nitrogen and oxygen atoms in total. The molecule has 1 aliphatic rings. The predicted molar refractivity (Wildman–Crippen MR) is 43.1 cm³/mol. The van der Waals surface area contributed by atoms with E-state index in [9.17, 15) is 4.79 Å². The van der Waals surface area contributed by atoms with E-state index < -0.39 is 0 Å². The van der Waals surface area contributed by atoms with Gasteiger partial charge in [-0.05, 0) is 25.8 Å². The van der Waals surface area contributed by atoms with Gasteiger partial charge in [-0.2, -0.15) is 5.10 Å². The molecule has 0 spiro atoms. The highest BCUT2D eigenvalue weighted by Crippen LogP contribution is 2.04. The van der Waals surface area contributed by atoms with Crippen molar-refractivity contribution in [1.82, 2.24) is 5.43 Å². The molecule has 11 heavy (non-hydrogen) atoms. The first-order chi connectivity index (χ1) is 5.33. The summed E-state index contributed by atoms with van der Waals surface area (Å²) >= 11 is 0. The van der Waals surface area contributed by atoms with Crippen LogP contribution < -0.4 is 11.2 Å². The second kappa shape index (κ2) is 4.08. The van der Waals surface area contributed by atoms with Gasteiger partial charge in [-0.15, -0.1) is 0 Å². The minimum Gasteiger partial charge on any atom is -0.330 e. The number of hydrogen-bond acceptors (Lipinski definition) is 3. The van der Waals surface area contributed by atoms with E-state index in [-0.39, 0.29) is 5.91 Å². The van der Waals surface area contributed by atoms with Crippen LogP contribution in [-0.4, -0.2) is 18.2 Å². The molecule has 0 aromatic heterocycles. The average molecular weight is 155 g/mol. The molecule has 0 saturated heterocycles. The lowest BCUT2D eigenvalue weighted by molar-refractivity contribution is -0.121. The minimum absolute atomic E-state index is 0.0153. The van der Waals surface area contributed by atoms with Crippen LogP contribution in [0.5, 0.6) is 0 Å². The van der Waals surface area contributed by atoms with Gasteiger partial charge in [-0.25, -0.2) is 5.43 Å². The monoisotopic (exact) mass is 155 g/mol. The van der Waals surface area contributed by atoms with Crippen LogP contribution in [0, 0.1) is 0 Å². The Hall–Kier alpha value is -0.900. The maximum atomic E-state index is 10.6. The van der Waals surface area contributed by atoms with Gasteiger partial charge in [-0.3, -0.25) is 4.79 Å². The number of nitrogens with one attached hydrogen (secondary N) is 1. The average Bonchev–Trinajstić information content (AvgIpc) is 2.04. The molecule has 0 aliphatic carbocycles. The fourth-order valence-corrected chi connectivity index (χ4v) is 0.998. The summed E-state index contributed by atoms with van der Waals surface area (Å²) in [6.07, 6.45) is 3.24. The lowest BCUT2D eigenvalue weighted by atomic mass is 10.1. The molecular formula is C7H13N3O. The molecule has 62 valence electrons. The SMILES string of the molecule is NCCCC1=NNC(=O)CC1. The Morgan fingerprint density at radius 3 is 2.91 bits per heavy atom. The summed E-state index contributed by atoms with van der Waals surface area (Å²) < 4.78 is 0. The molecule has 0 saturated carbocycles. The summed E-state index contributed by atoms with van der Waals surface area (Å²) in [4.78, 5) is 10.6. The summed E-state index contributed by atoms with van der Waals surface area (Å²) in [5.41, 5.74) is 8.84. The van der Waals surface area contributed by atoms with Crippen molar-refractivity contribution in [2.45, 2.75) is 25.7 Å². The maximum Gasteiger partial charge on any atom is 0.240 e. The van der Waals surface area contributed by atoms with Crippen molar-refractivity contribution >= 4 is 11.6 Å². The van der Waals surface area contributed by atoms with Gasteiger partial charge in [0.05, 0.1) is 0 Å². The van der Waals surface area contributed by atoms with Gasteiger partial charge in [0.1, 0.15) is 0 Å². The minimum atomic E-state index is 0.0153. The highest BCUT2D eigenvalue weighted by atomic mass is 16.2. The molecule has 0 atom stereocenters. The third-order valence-electron chi connectivity index (χ3n) is 1.65. The lowest BCUT2D eigenvalue weighted by Crippen LogP contribution is -2.25. The van der Waals surface area contributed by atoms with Gasteiger partial charge >= 0.3 is 0 Å². The maximum absolute atomic E-state index is 10.6. The standard InChI is InChI=1S/C7H13N3O/c8-5-1-2-6-3-4-7(11)10-9-6/h1-5,8H2,(H,10,11). The van der Waals surface area contributed by atoms with E-state index in [0.29, 0.717) is 13.0 Å². The van der Waals surface area contributed by atoms with Crippen LogP contribution >= 0.6 is 0 Å². The first-order valence-electron chi connectivity index (χ1n) is 3.87. The van der Waals surface area contributed by atoms with Gasteiger partial charge in [0.15, 0.2) is 0 Å². The Morgan fingerprint density at radius 1 is 1.55 bits per heavy atom. The molecule has 0 aromatic carbocycles. The van der Waals surface area contributed by atoms with Crippen molar-refractivity contribution in [1.29, 1.82) is 0 Å². The molecule has 0 unspecified atom stereocenters. The molecule has 0 aromatic rings. The molecule has 1 aliphatic heterocycles. The smallest absolute Gasteiger partial charge is 0.240 e. The zero-order chi connectivity index (χ0) is 8.10. The van der Waals surface area contributed by atoms with Crippen LogP contribution in [0.3, 0.4) is 0 Å². The van der Waals surface area contributed by atoms with E-state index in [2.05, 4.69) is 10.5 Å². The Bertz CT molecular complexity index is 177. The molecule has 1 heterocycles. The number of amides is 1. The van der Waals surface area contributed by atoms with Gasteiger partial charge in [-0.1, -0.05) is 0 Å². The van der Waals surface area contributed by atoms with Crippen LogP contribution in [0.25, 0.3) is 0 Å². The van der Waals surface area contributed by atoms with Crippen molar-refractivity contribution in [2.24, 2.45) is 10.8 Å². The highest BCUT2D eigenvalue weighted by Gasteiger charge is 2.09. The second-order valence-corrected chi connectivity index (χ2v) is 2.61. The van der Waals surface area contributed by atoms with E-state index in [1.165, 1.54) is 0 Å². The summed E-state index contributed by atoms with van der Waals surface area (Å²) in [6, 6.07) is 0. The fourth-order valence-electron chi connectivity index (χ4n) is 0.998. The van der Waals surface area contributed by atoms with E-state index in [1.807, 2.05) is 0 Å². The fraction of sp³-hybridized carbons (Fsp3) is 0.714. The Labute approximate surface area is 65.8 Å². The molecule has 4 heteroatoms. The lowest BCUT2D eigenvalue weighted by Gasteiger charge is -2.10. The summed E-state index contributed by atoms with van der Waals surface area (Å²) in [7, 11) is 0. The molecule has 3 N–H and O–H groups in total. The second-order valence-electron chi connectivity index (χ2n) is 2.61. The third-order valence-corrected chi connectivity index (χ3v) is 1.65. The molecule has 1 amide bonds. The first-order valence-corrected chi connectivity index (χ1v) is 3.87. The molecule has 0 radical (unpaired) electrons. The summed E-state index contributed by atoms with van der Waals surface area (Å²) in [5, 5.41) is 3.91. The van der Waals surface area contributed by atoms with E-state index in [4.69, 9.17) is 5.73 Å². The van der Waals surface area contributed by atoms with Crippen molar-refractivity contribution in [3.63, 3.8) is 0 Å². The Balaban J connectivity index is 2.29. The highest BCUT2D eigenvalue weighted by molar-refractivity contribution is 5.92. The molecule has 0 fully saturated rings. The third kappa shape index (κ3) is 2.67. The predicted octanol–water partition coefficient (Wildman–Crippen LogP) is -0.00870. The van der Waals surface area contributed by atoms with E-state index in [0.717, 1.165) is 25.0 Å². The van der Waals surface area contributed by atoms with Crippen molar-refractivity contribution in [2.75, 3.05) is 6.54 Å².